The van der Waals surface area contributed by atoms with Crippen LogP contribution in [0.3, 0.4) is 0 Å². The third kappa shape index (κ3) is 2.79. The van der Waals surface area contributed by atoms with Crippen molar-refractivity contribution in [2.75, 3.05) is 19.6 Å². The number of urea groups is 1. The summed E-state index contributed by atoms with van der Waals surface area (Å²) in [5, 5.41) is 0. The topological polar surface area (TPSA) is 49.6 Å². The Hall–Kier alpha value is -0.770. The van der Waals surface area contributed by atoms with Gasteiger partial charge in [-0.25, -0.2) is 4.79 Å². The number of hydrogen-bond donors (Lipinski definition) is 1. The van der Waals surface area contributed by atoms with Crippen molar-refractivity contribution >= 4 is 6.03 Å². The minimum atomic E-state index is 0.226. The van der Waals surface area contributed by atoms with Gasteiger partial charge in [0.05, 0.1) is 0 Å². The molecule has 0 aromatic rings. The number of nitrogens with zero attached hydrogens (tertiary/aromatic N) is 2. The van der Waals surface area contributed by atoms with Gasteiger partial charge in [-0.05, 0) is 44.9 Å². The van der Waals surface area contributed by atoms with E-state index in [0.717, 1.165) is 44.7 Å². The summed E-state index contributed by atoms with van der Waals surface area (Å²) in [6.45, 7) is 6.86. The van der Waals surface area contributed by atoms with Crippen LogP contribution < -0.4 is 5.73 Å². The maximum Gasteiger partial charge on any atom is 0.320 e. The average molecular weight is 253 g/mol. The molecule has 2 heterocycles. The lowest BCUT2D eigenvalue weighted by Gasteiger charge is -2.44. The summed E-state index contributed by atoms with van der Waals surface area (Å²) in [5.41, 5.74) is 5.83. The van der Waals surface area contributed by atoms with Gasteiger partial charge in [0.25, 0.3) is 0 Å². The molecule has 0 saturated carbocycles. The molecular weight excluding hydrogens is 226 g/mol. The maximum absolute atomic E-state index is 12.6. The second-order valence-corrected chi connectivity index (χ2v) is 6.03. The third-order valence-electron chi connectivity index (χ3n) is 4.57. The predicted octanol–water partition coefficient (Wildman–Crippen LogP) is 2.04. The molecular formula is C14H27N3O. The second-order valence-electron chi connectivity index (χ2n) is 6.03. The van der Waals surface area contributed by atoms with Gasteiger partial charge in [-0.3, -0.25) is 0 Å². The van der Waals surface area contributed by atoms with Crippen molar-refractivity contribution in [2.24, 2.45) is 11.7 Å². The first kappa shape index (κ1) is 13.7. The summed E-state index contributed by atoms with van der Waals surface area (Å²) in [4.78, 5) is 16.7. The van der Waals surface area contributed by atoms with Crippen molar-refractivity contribution < 1.29 is 4.79 Å². The van der Waals surface area contributed by atoms with E-state index in [1.807, 2.05) is 4.90 Å². The molecule has 2 fully saturated rings. The van der Waals surface area contributed by atoms with Crippen LogP contribution in [0.15, 0.2) is 0 Å². The molecule has 2 rings (SSSR count). The summed E-state index contributed by atoms with van der Waals surface area (Å²) < 4.78 is 0. The highest BCUT2D eigenvalue weighted by Gasteiger charge is 2.34. The van der Waals surface area contributed by atoms with Crippen LogP contribution in [0.4, 0.5) is 4.79 Å². The molecule has 4 nitrogen and oxygen atoms in total. The van der Waals surface area contributed by atoms with Gasteiger partial charge in [0.15, 0.2) is 0 Å². The first-order valence-electron chi connectivity index (χ1n) is 7.40. The molecule has 0 aromatic heterocycles. The zero-order chi connectivity index (χ0) is 13.1. The minimum Gasteiger partial charge on any atom is -0.328 e. The molecule has 2 atom stereocenters. The van der Waals surface area contributed by atoms with Gasteiger partial charge in [0.1, 0.15) is 0 Å². The summed E-state index contributed by atoms with van der Waals surface area (Å²) in [7, 11) is 0. The Morgan fingerprint density at radius 1 is 1.17 bits per heavy atom. The molecule has 4 heteroatoms. The maximum atomic E-state index is 12.6. The van der Waals surface area contributed by atoms with Crippen LogP contribution in [-0.2, 0) is 0 Å². The van der Waals surface area contributed by atoms with Gasteiger partial charge in [0.2, 0.25) is 0 Å². The van der Waals surface area contributed by atoms with Gasteiger partial charge in [-0.1, -0.05) is 6.92 Å². The fourth-order valence-electron chi connectivity index (χ4n) is 3.23. The van der Waals surface area contributed by atoms with Crippen LogP contribution in [0, 0.1) is 5.92 Å². The summed E-state index contributed by atoms with van der Waals surface area (Å²) in [5.74, 6) is 0.762. The van der Waals surface area contributed by atoms with Crippen molar-refractivity contribution in [3.63, 3.8) is 0 Å². The van der Waals surface area contributed by atoms with Crippen LogP contribution in [0.5, 0.6) is 0 Å². The minimum absolute atomic E-state index is 0.226. The largest absolute Gasteiger partial charge is 0.328 e. The monoisotopic (exact) mass is 253 g/mol. The van der Waals surface area contributed by atoms with Gasteiger partial charge in [-0.15, -0.1) is 0 Å². The molecule has 0 aliphatic carbocycles. The van der Waals surface area contributed by atoms with Gasteiger partial charge >= 0.3 is 6.03 Å². The lowest BCUT2D eigenvalue weighted by atomic mass is 9.96. The molecule has 104 valence electrons. The van der Waals surface area contributed by atoms with Crippen LogP contribution in [-0.4, -0.2) is 47.5 Å². The molecule has 0 radical (unpaired) electrons. The van der Waals surface area contributed by atoms with Gasteiger partial charge < -0.3 is 15.5 Å². The highest BCUT2D eigenvalue weighted by Crippen LogP contribution is 2.25. The standard InChI is InChI=1S/C14H27N3O/c1-11-6-8-16(9-7-11)14(18)17-12(2)4-3-5-13(17)10-15/h11-13H,3-10,15H2,1-2H3. The van der Waals surface area contributed by atoms with Crippen LogP contribution in [0.25, 0.3) is 0 Å². The lowest BCUT2D eigenvalue weighted by molar-refractivity contribution is 0.0795. The van der Waals surface area contributed by atoms with Crippen LogP contribution in [0.1, 0.15) is 46.0 Å². The number of rotatable bonds is 1. The SMILES string of the molecule is CC1CCN(C(=O)N2C(C)CCCC2CN)CC1. The van der Waals surface area contributed by atoms with E-state index >= 15 is 0 Å². The summed E-state index contributed by atoms with van der Waals surface area (Å²) >= 11 is 0. The number of amides is 2. The van der Waals surface area contributed by atoms with Crippen LogP contribution in [0.2, 0.25) is 0 Å². The zero-order valence-corrected chi connectivity index (χ0v) is 11.8. The number of piperidine rings is 2. The normalized spacial score (nSPS) is 30.6. The average Bonchev–Trinajstić information content (AvgIpc) is 2.38. The van der Waals surface area contributed by atoms with Gasteiger partial charge in [-0.2, -0.15) is 0 Å². The van der Waals surface area contributed by atoms with E-state index in [4.69, 9.17) is 5.73 Å². The number of likely N-dealkylation sites (tertiary alicyclic amines) is 2. The Morgan fingerprint density at radius 3 is 2.44 bits per heavy atom. The van der Waals surface area contributed by atoms with Crippen molar-refractivity contribution in [1.29, 1.82) is 0 Å². The molecule has 2 unspecified atom stereocenters. The second kappa shape index (κ2) is 5.91. The Bertz CT molecular complexity index is 287. The predicted molar refractivity (Wildman–Crippen MR) is 73.4 cm³/mol. The van der Waals surface area contributed by atoms with Gasteiger partial charge in [0, 0.05) is 31.7 Å². The first-order valence-corrected chi connectivity index (χ1v) is 7.40. The summed E-state index contributed by atoms with van der Waals surface area (Å²) in [6.07, 6.45) is 5.66. The number of carbonyl (C=O) groups is 1. The molecule has 0 bridgehead atoms. The van der Waals surface area contributed by atoms with Crippen molar-refractivity contribution in [1.82, 2.24) is 9.80 Å². The highest BCUT2D eigenvalue weighted by atomic mass is 16.2. The molecule has 2 amide bonds. The zero-order valence-electron chi connectivity index (χ0n) is 11.8. The Morgan fingerprint density at radius 2 is 1.83 bits per heavy atom. The van der Waals surface area contributed by atoms with E-state index in [9.17, 15) is 4.79 Å². The molecule has 18 heavy (non-hydrogen) atoms. The Balaban J connectivity index is 2.01. The fourth-order valence-corrected chi connectivity index (χ4v) is 3.23. The molecule has 2 N–H and O–H groups in total. The van der Waals surface area contributed by atoms with E-state index in [0.29, 0.717) is 12.6 Å². The Kier molecular flexibility index (Phi) is 4.49. The first-order chi connectivity index (χ1) is 8.63. The van der Waals surface area contributed by atoms with E-state index in [1.165, 1.54) is 6.42 Å². The Labute approximate surface area is 110 Å². The van der Waals surface area contributed by atoms with Crippen molar-refractivity contribution in [3.8, 4) is 0 Å². The lowest BCUT2D eigenvalue weighted by Crippen LogP contribution is -2.57. The highest BCUT2D eigenvalue weighted by molar-refractivity contribution is 5.75. The summed E-state index contributed by atoms with van der Waals surface area (Å²) in [6, 6.07) is 0.823. The molecule has 2 aliphatic rings. The van der Waals surface area contributed by atoms with Crippen molar-refractivity contribution in [3.05, 3.63) is 0 Å². The van der Waals surface area contributed by atoms with E-state index in [2.05, 4.69) is 18.7 Å². The number of hydrogen-bond acceptors (Lipinski definition) is 2. The van der Waals surface area contributed by atoms with Crippen LogP contribution >= 0.6 is 0 Å². The molecule has 2 saturated heterocycles. The number of nitrogens with two attached hydrogens (primary N) is 1. The van der Waals surface area contributed by atoms with E-state index in [1.54, 1.807) is 0 Å². The van der Waals surface area contributed by atoms with E-state index < -0.39 is 0 Å². The quantitative estimate of drug-likeness (QED) is 0.777. The molecule has 2 aliphatic heterocycles. The molecule has 0 spiro atoms. The third-order valence-corrected chi connectivity index (χ3v) is 4.57. The van der Waals surface area contributed by atoms with Crippen molar-refractivity contribution in [2.45, 2.75) is 58.0 Å². The molecule has 0 aromatic carbocycles. The smallest absolute Gasteiger partial charge is 0.320 e. The van der Waals surface area contributed by atoms with E-state index in [-0.39, 0.29) is 12.1 Å². The number of carbonyl (C=O) groups excluding carboxylic acids is 1. The fraction of sp³-hybridized carbons (Fsp3) is 0.929.